The lowest BCUT2D eigenvalue weighted by molar-refractivity contribution is -0.138. The monoisotopic (exact) mass is 212 g/mol. The van der Waals surface area contributed by atoms with Gasteiger partial charge in [0.2, 0.25) is 5.91 Å². The summed E-state index contributed by atoms with van der Waals surface area (Å²) in [6.07, 6.45) is 1.15. The molecule has 2 unspecified atom stereocenters. The minimum atomic E-state index is 0.155. The molecule has 2 aliphatic rings. The van der Waals surface area contributed by atoms with Crippen LogP contribution in [0.2, 0.25) is 0 Å². The molecule has 2 aliphatic heterocycles. The number of rotatable bonds is 3. The van der Waals surface area contributed by atoms with Crippen LogP contribution in [0.5, 0.6) is 0 Å². The molecule has 1 N–H and O–H groups in total. The number of nitrogens with zero attached hydrogens (tertiary/aromatic N) is 1. The van der Waals surface area contributed by atoms with E-state index in [1.807, 2.05) is 11.8 Å². The summed E-state index contributed by atoms with van der Waals surface area (Å²) in [4.78, 5) is 13.7. The normalized spacial score (nSPS) is 30.3. The number of ether oxygens (including phenoxy) is 1. The Balaban J connectivity index is 1.81. The Morgan fingerprint density at radius 2 is 2.27 bits per heavy atom. The van der Waals surface area contributed by atoms with E-state index in [0.29, 0.717) is 12.5 Å². The number of likely N-dealkylation sites (tertiary alicyclic amines) is 1. The lowest BCUT2D eigenvalue weighted by Crippen LogP contribution is -2.44. The molecular formula is C11H20N2O2. The van der Waals surface area contributed by atoms with Crippen molar-refractivity contribution in [3.05, 3.63) is 0 Å². The Kier molecular flexibility index (Phi) is 3.59. The number of hydrogen-bond donors (Lipinski definition) is 1. The first kappa shape index (κ1) is 10.9. The molecule has 0 spiro atoms. The fraction of sp³-hybridized carbons (Fsp3) is 0.909. The van der Waals surface area contributed by atoms with Gasteiger partial charge in [0.15, 0.2) is 0 Å². The molecule has 0 aromatic rings. The summed E-state index contributed by atoms with van der Waals surface area (Å²) in [5.41, 5.74) is 0. The van der Waals surface area contributed by atoms with E-state index in [1.54, 1.807) is 0 Å². The molecule has 0 aromatic carbocycles. The number of carbonyl (C=O) groups excluding carboxylic acids is 1. The van der Waals surface area contributed by atoms with Crippen molar-refractivity contribution in [1.29, 1.82) is 0 Å². The molecule has 2 atom stereocenters. The topological polar surface area (TPSA) is 41.6 Å². The molecule has 4 heteroatoms. The van der Waals surface area contributed by atoms with Gasteiger partial charge in [0, 0.05) is 19.7 Å². The quantitative estimate of drug-likeness (QED) is 0.721. The van der Waals surface area contributed by atoms with Gasteiger partial charge in [0.1, 0.15) is 6.61 Å². The van der Waals surface area contributed by atoms with Gasteiger partial charge in [0.25, 0.3) is 0 Å². The van der Waals surface area contributed by atoms with Gasteiger partial charge in [-0.25, -0.2) is 0 Å². The van der Waals surface area contributed by atoms with Gasteiger partial charge >= 0.3 is 0 Å². The fourth-order valence-electron chi connectivity index (χ4n) is 2.54. The number of piperidine rings is 1. The summed E-state index contributed by atoms with van der Waals surface area (Å²) in [6, 6.07) is 0. The molecule has 2 rings (SSSR count). The van der Waals surface area contributed by atoms with Gasteiger partial charge in [-0.1, -0.05) is 0 Å². The minimum absolute atomic E-state index is 0.155. The summed E-state index contributed by atoms with van der Waals surface area (Å²) >= 11 is 0. The van der Waals surface area contributed by atoms with Crippen molar-refractivity contribution in [3.8, 4) is 0 Å². The molecule has 2 heterocycles. The van der Waals surface area contributed by atoms with Gasteiger partial charge in [0.05, 0.1) is 0 Å². The SMILES string of the molecule is CCOCC(=O)N1CCC2CNCC2C1. The third-order valence-corrected chi connectivity index (χ3v) is 3.49. The summed E-state index contributed by atoms with van der Waals surface area (Å²) in [5.74, 6) is 1.62. The highest BCUT2D eigenvalue weighted by Crippen LogP contribution is 2.26. The number of carbonyl (C=O) groups is 1. The van der Waals surface area contributed by atoms with Crippen LogP contribution in [0.15, 0.2) is 0 Å². The van der Waals surface area contributed by atoms with E-state index in [1.165, 1.54) is 0 Å². The highest BCUT2D eigenvalue weighted by Gasteiger charge is 2.34. The molecule has 15 heavy (non-hydrogen) atoms. The van der Waals surface area contributed by atoms with Crippen LogP contribution in [0.25, 0.3) is 0 Å². The Bertz CT molecular complexity index is 233. The van der Waals surface area contributed by atoms with Crippen LogP contribution in [0.3, 0.4) is 0 Å². The summed E-state index contributed by atoms with van der Waals surface area (Å²) in [6.45, 7) is 6.83. The third-order valence-electron chi connectivity index (χ3n) is 3.49. The Labute approximate surface area is 91.0 Å². The van der Waals surface area contributed by atoms with E-state index in [9.17, 15) is 4.79 Å². The molecule has 1 amide bonds. The standard InChI is InChI=1S/C11H20N2O2/c1-2-15-8-11(14)13-4-3-9-5-12-6-10(9)7-13/h9-10,12H,2-8H2,1H3. The van der Waals surface area contributed by atoms with Crippen molar-refractivity contribution in [2.75, 3.05) is 39.4 Å². The molecular weight excluding hydrogens is 192 g/mol. The molecule has 2 saturated heterocycles. The molecule has 2 fully saturated rings. The molecule has 0 radical (unpaired) electrons. The van der Waals surface area contributed by atoms with Gasteiger partial charge in [-0.2, -0.15) is 0 Å². The van der Waals surface area contributed by atoms with Gasteiger partial charge in [-0.3, -0.25) is 4.79 Å². The fourth-order valence-corrected chi connectivity index (χ4v) is 2.54. The van der Waals surface area contributed by atoms with E-state index in [-0.39, 0.29) is 12.5 Å². The lowest BCUT2D eigenvalue weighted by Gasteiger charge is -2.34. The lowest BCUT2D eigenvalue weighted by atomic mass is 9.89. The summed E-state index contributed by atoms with van der Waals surface area (Å²) < 4.78 is 5.15. The number of amides is 1. The number of nitrogens with one attached hydrogen (secondary N) is 1. The van der Waals surface area contributed by atoms with E-state index < -0.39 is 0 Å². The summed E-state index contributed by atoms with van der Waals surface area (Å²) in [7, 11) is 0. The van der Waals surface area contributed by atoms with Crippen molar-refractivity contribution in [2.45, 2.75) is 13.3 Å². The zero-order valence-corrected chi connectivity index (χ0v) is 9.37. The van der Waals surface area contributed by atoms with E-state index in [2.05, 4.69) is 5.32 Å². The largest absolute Gasteiger partial charge is 0.372 e. The molecule has 0 saturated carbocycles. The molecule has 0 bridgehead atoms. The highest BCUT2D eigenvalue weighted by molar-refractivity contribution is 5.77. The number of hydrogen-bond acceptors (Lipinski definition) is 3. The molecule has 0 aliphatic carbocycles. The van der Waals surface area contributed by atoms with Crippen LogP contribution in [0.4, 0.5) is 0 Å². The average molecular weight is 212 g/mol. The van der Waals surface area contributed by atoms with Crippen molar-refractivity contribution < 1.29 is 9.53 Å². The van der Waals surface area contributed by atoms with Gasteiger partial charge < -0.3 is 15.0 Å². The first-order valence-corrected chi connectivity index (χ1v) is 5.87. The number of fused-ring (bicyclic) bond motifs is 1. The smallest absolute Gasteiger partial charge is 0.248 e. The third kappa shape index (κ3) is 2.49. The summed E-state index contributed by atoms with van der Waals surface area (Å²) in [5, 5.41) is 3.40. The zero-order chi connectivity index (χ0) is 10.7. The maximum absolute atomic E-state index is 11.7. The maximum Gasteiger partial charge on any atom is 0.248 e. The van der Waals surface area contributed by atoms with E-state index in [0.717, 1.165) is 38.5 Å². The Morgan fingerprint density at radius 3 is 3.07 bits per heavy atom. The predicted molar refractivity (Wildman–Crippen MR) is 57.5 cm³/mol. The van der Waals surface area contributed by atoms with Crippen molar-refractivity contribution in [3.63, 3.8) is 0 Å². The van der Waals surface area contributed by atoms with E-state index in [4.69, 9.17) is 4.74 Å². The Hall–Kier alpha value is -0.610. The van der Waals surface area contributed by atoms with Crippen molar-refractivity contribution in [2.24, 2.45) is 11.8 Å². The zero-order valence-electron chi connectivity index (χ0n) is 9.37. The van der Waals surface area contributed by atoms with Crippen LogP contribution in [0, 0.1) is 11.8 Å². The Morgan fingerprint density at radius 1 is 1.47 bits per heavy atom. The van der Waals surface area contributed by atoms with Gasteiger partial charge in [-0.05, 0) is 38.3 Å². The second-order valence-corrected chi connectivity index (χ2v) is 4.44. The van der Waals surface area contributed by atoms with Crippen molar-refractivity contribution >= 4 is 5.91 Å². The maximum atomic E-state index is 11.7. The average Bonchev–Trinajstić information content (AvgIpc) is 2.72. The minimum Gasteiger partial charge on any atom is -0.372 e. The molecule has 0 aromatic heterocycles. The second kappa shape index (κ2) is 4.94. The van der Waals surface area contributed by atoms with Gasteiger partial charge in [-0.15, -0.1) is 0 Å². The van der Waals surface area contributed by atoms with Crippen LogP contribution < -0.4 is 5.32 Å². The van der Waals surface area contributed by atoms with Crippen molar-refractivity contribution in [1.82, 2.24) is 10.2 Å². The molecule has 4 nitrogen and oxygen atoms in total. The van der Waals surface area contributed by atoms with Crippen LogP contribution in [-0.2, 0) is 9.53 Å². The van der Waals surface area contributed by atoms with Crippen LogP contribution in [-0.4, -0.2) is 50.2 Å². The predicted octanol–water partition coefficient (Wildman–Crippen LogP) is 0.0908. The van der Waals surface area contributed by atoms with Crippen LogP contribution >= 0.6 is 0 Å². The van der Waals surface area contributed by atoms with E-state index >= 15 is 0 Å². The highest BCUT2D eigenvalue weighted by atomic mass is 16.5. The first-order valence-electron chi connectivity index (χ1n) is 5.87. The van der Waals surface area contributed by atoms with Crippen LogP contribution in [0.1, 0.15) is 13.3 Å². The second-order valence-electron chi connectivity index (χ2n) is 4.44. The first-order chi connectivity index (χ1) is 7.31. The molecule has 86 valence electrons.